The summed E-state index contributed by atoms with van der Waals surface area (Å²) in [6.07, 6.45) is 4.93. The first-order chi connectivity index (χ1) is 6.13. The summed E-state index contributed by atoms with van der Waals surface area (Å²) in [6.45, 7) is 6.99. The summed E-state index contributed by atoms with van der Waals surface area (Å²) in [5.41, 5.74) is 6.96. The zero-order chi connectivity index (χ0) is 10.3. The van der Waals surface area contributed by atoms with Gasteiger partial charge in [-0.1, -0.05) is 31.9 Å². The third kappa shape index (κ3) is 5.06. The van der Waals surface area contributed by atoms with Crippen LogP contribution in [0.2, 0.25) is 0 Å². The van der Waals surface area contributed by atoms with Gasteiger partial charge in [0.25, 0.3) is 0 Å². The van der Waals surface area contributed by atoms with Crippen LogP contribution >= 0.6 is 0 Å². The molecule has 1 unspecified atom stereocenters. The minimum atomic E-state index is 0.358. The van der Waals surface area contributed by atoms with Gasteiger partial charge in [0.2, 0.25) is 0 Å². The molecule has 0 spiro atoms. The third-order valence-electron chi connectivity index (χ3n) is 2.42. The topological polar surface area (TPSA) is 29.3 Å². The van der Waals surface area contributed by atoms with Gasteiger partial charge in [-0.3, -0.25) is 0 Å². The van der Waals surface area contributed by atoms with Gasteiger partial charge >= 0.3 is 0 Å². The lowest BCUT2D eigenvalue weighted by Crippen LogP contribution is -2.36. The molecule has 0 aromatic rings. The Kier molecular flexibility index (Phi) is 6.92. The average Bonchev–Trinajstić information content (AvgIpc) is 2.05. The molecular weight excluding hydrogens is 160 g/mol. The van der Waals surface area contributed by atoms with E-state index in [4.69, 9.17) is 5.73 Å². The molecular formula is C11H24N2. The second-order valence-electron chi connectivity index (χ2n) is 3.83. The Morgan fingerprint density at radius 3 is 2.38 bits per heavy atom. The molecule has 0 radical (unpaired) electrons. The Morgan fingerprint density at radius 2 is 2.00 bits per heavy atom. The number of unbranched alkanes of at least 4 members (excludes halogenated alkanes) is 2. The second kappa shape index (κ2) is 7.10. The molecule has 2 heteroatoms. The van der Waals surface area contributed by atoms with Gasteiger partial charge in [-0.25, -0.2) is 0 Å². The van der Waals surface area contributed by atoms with Gasteiger partial charge in [-0.2, -0.15) is 0 Å². The van der Waals surface area contributed by atoms with Gasteiger partial charge in [0, 0.05) is 12.6 Å². The Bertz CT molecular complexity index is 141. The average molecular weight is 184 g/mol. The summed E-state index contributed by atoms with van der Waals surface area (Å²) in [7, 11) is 4.12. The standard InChI is InChI=1S/C11H24N2/c1-5-6-7-8-10(2)11(9-12)13(3)4/h11H,2,5-9,12H2,1,3-4H3. The van der Waals surface area contributed by atoms with Crippen LogP contribution in [-0.2, 0) is 0 Å². The van der Waals surface area contributed by atoms with Crippen molar-refractivity contribution in [3.05, 3.63) is 12.2 Å². The van der Waals surface area contributed by atoms with E-state index in [1.807, 2.05) is 0 Å². The highest BCUT2D eigenvalue weighted by Crippen LogP contribution is 2.13. The number of nitrogens with two attached hydrogens (primary N) is 1. The van der Waals surface area contributed by atoms with Crippen LogP contribution in [0.1, 0.15) is 32.6 Å². The van der Waals surface area contributed by atoms with Crippen molar-refractivity contribution < 1.29 is 0 Å². The molecule has 0 amide bonds. The van der Waals surface area contributed by atoms with E-state index in [0.717, 1.165) is 6.42 Å². The van der Waals surface area contributed by atoms with E-state index < -0.39 is 0 Å². The smallest absolute Gasteiger partial charge is 0.0421 e. The molecule has 0 heterocycles. The Labute approximate surface area is 82.8 Å². The lowest BCUT2D eigenvalue weighted by molar-refractivity contribution is 0.329. The summed E-state index contributed by atoms with van der Waals surface area (Å²) in [5, 5.41) is 0. The molecule has 0 rings (SSSR count). The molecule has 0 aliphatic carbocycles. The van der Waals surface area contributed by atoms with Crippen molar-refractivity contribution in [1.29, 1.82) is 0 Å². The van der Waals surface area contributed by atoms with Gasteiger partial charge in [-0.05, 0) is 26.9 Å². The fourth-order valence-electron chi connectivity index (χ4n) is 1.51. The van der Waals surface area contributed by atoms with Crippen molar-refractivity contribution in [3.63, 3.8) is 0 Å². The van der Waals surface area contributed by atoms with Gasteiger partial charge in [0.05, 0.1) is 0 Å². The summed E-state index contributed by atoms with van der Waals surface area (Å²) in [5.74, 6) is 0. The van der Waals surface area contributed by atoms with Crippen molar-refractivity contribution in [1.82, 2.24) is 4.90 Å². The Morgan fingerprint density at radius 1 is 1.38 bits per heavy atom. The molecule has 0 aliphatic rings. The highest BCUT2D eigenvalue weighted by atomic mass is 15.1. The van der Waals surface area contributed by atoms with Crippen molar-refractivity contribution in [2.45, 2.75) is 38.6 Å². The maximum atomic E-state index is 5.68. The largest absolute Gasteiger partial charge is 0.329 e. The Hall–Kier alpha value is -0.340. The fourth-order valence-corrected chi connectivity index (χ4v) is 1.51. The van der Waals surface area contributed by atoms with Crippen LogP contribution in [0.15, 0.2) is 12.2 Å². The van der Waals surface area contributed by atoms with E-state index in [9.17, 15) is 0 Å². The molecule has 0 saturated carbocycles. The van der Waals surface area contributed by atoms with Gasteiger partial charge < -0.3 is 10.6 Å². The van der Waals surface area contributed by atoms with Crippen LogP contribution in [0, 0.1) is 0 Å². The van der Waals surface area contributed by atoms with E-state index >= 15 is 0 Å². The van der Waals surface area contributed by atoms with Crippen LogP contribution in [0.25, 0.3) is 0 Å². The predicted molar refractivity (Wildman–Crippen MR) is 59.8 cm³/mol. The maximum absolute atomic E-state index is 5.68. The van der Waals surface area contributed by atoms with E-state index in [1.165, 1.54) is 24.8 Å². The van der Waals surface area contributed by atoms with Crippen LogP contribution < -0.4 is 5.73 Å². The number of rotatable bonds is 7. The normalized spacial score (nSPS) is 13.3. The van der Waals surface area contributed by atoms with Crippen LogP contribution in [-0.4, -0.2) is 31.6 Å². The molecule has 2 nitrogen and oxygen atoms in total. The molecule has 0 aromatic heterocycles. The minimum Gasteiger partial charge on any atom is -0.329 e. The summed E-state index contributed by atoms with van der Waals surface area (Å²) < 4.78 is 0. The van der Waals surface area contributed by atoms with Crippen molar-refractivity contribution in [3.8, 4) is 0 Å². The number of hydrogen-bond acceptors (Lipinski definition) is 2. The van der Waals surface area contributed by atoms with Crippen LogP contribution in [0.4, 0.5) is 0 Å². The summed E-state index contributed by atoms with van der Waals surface area (Å²) in [4.78, 5) is 2.15. The first kappa shape index (κ1) is 12.7. The molecule has 0 aromatic carbocycles. The monoisotopic (exact) mass is 184 g/mol. The molecule has 0 saturated heterocycles. The van der Waals surface area contributed by atoms with E-state index in [2.05, 4.69) is 32.5 Å². The first-order valence-corrected chi connectivity index (χ1v) is 5.17. The lowest BCUT2D eigenvalue weighted by Gasteiger charge is -2.24. The van der Waals surface area contributed by atoms with E-state index in [1.54, 1.807) is 0 Å². The van der Waals surface area contributed by atoms with Crippen LogP contribution in [0.5, 0.6) is 0 Å². The van der Waals surface area contributed by atoms with Crippen LogP contribution in [0.3, 0.4) is 0 Å². The fraction of sp³-hybridized carbons (Fsp3) is 0.818. The molecule has 1 atom stereocenters. The van der Waals surface area contributed by atoms with Crippen molar-refractivity contribution >= 4 is 0 Å². The lowest BCUT2D eigenvalue weighted by atomic mass is 10.0. The maximum Gasteiger partial charge on any atom is 0.0421 e. The first-order valence-electron chi connectivity index (χ1n) is 5.17. The highest BCUT2D eigenvalue weighted by Gasteiger charge is 2.11. The van der Waals surface area contributed by atoms with E-state index in [-0.39, 0.29) is 0 Å². The summed E-state index contributed by atoms with van der Waals surface area (Å²) in [6, 6.07) is 0.358. The molecule has 78 valence electrons. The SMILES string of the molecule is C=C(CCCCC)C(CN)N(C)C. The molecule has 0 bridgehead atoms. The number of hydrogen-bond donors (Lipinski definition) is 1. The van der Waals surface area contributed by atoms with Crippen molar-refractivity contribution in [2.75, 3.05) is 20.6 Å². The minimum absolute atomic E-state index is 0.358. The quantitative estimate of drug-likeness (QED) is 0.484. The van der Waals surface area contributed by atoms with Crippen molar-refractivity contribution in [2.24, 2.45) is 5.73 Å². The number of likely N-dealkylation sites (N-methyl/N-ethyl adjacent to an activating group) is 1. The predicted octanol–water partition coefficient (Wildman–Crippen LogP) is 2.01. The third-order valence-corrected chi connectivity index (χ3v) is 2.42. The zero-order valence-electron chi connectivity index (χ0n) is 9.34. The number of nitrogens with zero attached hydrogens (tertiary/aromatic N) is 1. The molecule has 0 fully saturated rings. The molecule has 13 heavy (non-hydrogen) atoms. The molecule has 2 N–H and O–H groups in total. The van der Waals surface area contributed by atoms with Gasteiger partial charge in [0.15, 0.2) is 0 Å². The van der Waals surface area contributed by atoms with Gasteiger partial charge in [-0.15, -0.1) is 0 Å². The van der Waals surface area contributed by atoms with E-state index in [0.29, 0.717) is 12.6 Å². The summed E-state index contributed by atoms with van der Waals surface area (Å²) >= 11 is 0. The van der Waals surface area contributed by atoms with Gasteiger partial charge in [0.1, 0.15) is 0 Å². The Balaban J connectivity index is 3.78. The molecule has 0 aliphatic heterocycles. The zero-order valence-corrected chi connectivity index (χ0v) is 9.34. The second-order valence-corrected chi connectivity index (χ2v) is 3.83. The highest BCUT2D eigenvalue weighted by molar-refractivity contribution is 5.05.